The highest BCUT2D eigenvalue weighted by molar-refractivity contribution is 7.19. The van der Waals surface area contributed by atoms with Gasteiger partial charge < -0.3 is 10.7 Å². The average Bonchev–Trinajstić information content (AvgIpc) is 2.93. The van der Waals surface area contributed by atoms with Crippen LogP contribution >= 0.6 is 22.9 Å². The number of benzene rings is 1. The first-order valence-electron chi connectivity index (χ1n) is 5.19. The first-order valence-corrected chi connectivity index (χ1v) is 6.38. The van der Waals surface area contributed by atoms with Crippen LogP contribution in [-0.4, -0.2) is 15.9 Å². The van der Waals surface area contributed by atoms with Crippen molar-refractivity contribution in [2.75, 3.05) is 0 Å². The first kappa shape index (κ1) is 11.3. The number of hydrogen-bond donors (Lipinski definition) is 2. The number of nitrogens with one attached hydrogen (secondary N) is 1. The molecule has 0 saturated carbocycles. The van der Waals surface area contributed by atoms with E-state index in [1.165, 1.54) is 11.3 Å². The highest BCUT2D eigenvalue weighted by Gasteiger charge is 2.09. The van der Waals surface area contributed by atoms with Gasteiger partial charge in [-0.25, -0.2) is 4.98 Å². The third-order valence-corrected chi connectivity index (χ3v) is 3.81. The van der Waals surface area contributed by atoms with Gasteiger partial charge in [0.25, 0.3) is 0 Å². The van der Waals surface area contributed by atoms with Crippen LogP contribution in [0.5, 0.6) is 0 Å². The average molecular weight is 278 g/mol. The lowest BCUT2D eigenvalue weighted by molar-refractivity contribution is 0.100. The van der Waals surface area contributed by atoms with Crippen LogP contribution in [0.15, 0.2) is 30.3 Å². The van der Waals surface area contributed by atoms with Crippen LogP contribution in [0, 0.1) is 0 Å². The lowest BCUT2D eigenvalue weighted by Gasteiger charge is -1.93. The van der Waals surface area contributed by atoms with Crippen molar-refractivity contribution in [1.82, 2.24) is 9.97 Å². The maximum Gasteiger partial charge on any atom is 0.248 e. The van der Waals surface area contributed by atoms with E-state index in [0.29, 0.717) is 9.90 Å². The number of amides is 1. The van der Waals surface area contributed by atoms with Crippen LogP contribution in [0.3, 0.4) is 0 Å². The van der Waals surface area contributed by atoms with E-state index in [1.807, 2.05) is 12.1 Å². The van der Waals surface area contributed by atoms with E-state index in [2.05, 4.69) is 9.97 Å². The van der Waals surface area contributed by atoms with E-state index in [0.717, 1.165) is 21.7 Å². The van der Waals surface area contributed by atoms with Crippen molar-refractivity contribution < 1.29 is 4.79 Å². The van der Waals surface area contributed by atoms with Gasteiger partial charge in [0.05, 0.1) is 20.2 Å². The summed E-state index contributed by atoms with van der Waals surface area (Å²) >= 11 is 7.34. The van der Waals surface area contributed by atoms with Crippen molar-refractivity contribution in [3.8, 4) is 10.7 Å². The molecule has 6 heteroatoms. The Morgan fingerprint density at radius 3 is 2.83 bits per heavy atom. The summed E-state index contributed by atoms with van der Waals surface area (Å²) in [7, 11) is 0. The zero-order chi connectivity index (χ0) is 12.7. The van der Waals surface area contributed by atoms with Crippen molar-refractivity contribution >= 4 is 39.9 Å². The van der Waals surface area contributed by atoms with Crippen LogP contribution in [-0.2, 0) is 0 Å². The van der Waals surface area contributed by atoms with Crippen LogP contribution in [0.25, 0.3) is 21.7 Å². The van der Waals surface area contributed by atoms with E-state index in [1.54, 1.807) is 18.2 Å². The van der Waals surface area contributed by atoms with E-state index in [4.69, 9.17) is 17.3 Å². The number of nitrogens with two attached hydrogens (primary N) is 1. The normalized spacial score (nSPS) is 10.9. The summed E-state index contributed by atoms with van der Waals surface area (Å²) in [5.41, 5.74) is 7.27. The van der Waals surface area contributed by atoms with E-state index in [9.17, 15) is 4.79 Å². The molecule has 0 atom stereocenters. The van der Waals surface area contributed by atoms with Gasteiger partial charge in [-0.2, -0.15) is 0 Å². The number of aromatic nitrogens is 2. The molecule has 0 aliphatic heterocycles. The highest BCUT2D eigenvalue weighted by atomic mass is 35.5. The third kappa shape index (κ3) is 1.87. The van der Waals surface area contributed by atoms with E-state index < -0.39 is 5.91 Å². The molecule has 0 saturated heterocycles. The molecule has 0 aliphatic rings. The molecule has 4 nitrogen and oxygen atoms in total. The summed E-state index contributed by atoms with van der Waals surface area (Å²) in [5.74, 6) is 0.288. The van der Waals surface area contributed by atoms with Gasteiger partial charge in [0.1, 0.15) is 5.82 Å². The summed E-state index contributed by atoms with van der Waals surface area (Å²) in [5, 5.41) is 0. The van der Waals surface area contributed by atoms with Crippen molar-refractivity contribution in [3.63, 3.8) is 0 Å². The third-order valence-electron chi connectivity index (χ3n) is 2.57. The second-order valence-corrected chi connectivity index (χ2v) is 5.50. The Kier molecular flexibility index (Phi) is 2.57. The minimum absolute atomic E-state index is 0.452. The number of carbonyl (C=O) groups is 1. The second kappa shape index (κ2) is 4.12. The monoisotopic (exact) mass is 277 g/mol. The largest absolute Gasteiger partial charge is 0.366 e. The van der Waals surface area contributed by atoms with Crippen LogP contribution in [0.2, 0.25) is 4.34 Å². The van der Waals surface area contributed by atoms with E-state index in [-0.39, 0.29) is 0 Å². The van der Waals surface area contributed by atoms with E-state index >= 15 is 0 Å². The number of imidazole rings is 1. The Morgan fingerprint density at radius 2 is 2.17 bits per heavy atom. The Morgan fingerprint density at radius 1 is 1.33 bits per heavy atom. The predicted molar refractivity (Wildman–Crippen MR) is 72.9 cm³/mol. The van der Waals surface area contributed by atoms with Gasteiger partial charge in [0, 0.05) is 5.56 Å². The molecule has 3 aromatic rings. The molecule has 2 heterocycles. The zero-order valence-electron chi connectivity index (χ0n) is 9.11. The fourth-order valence-electron chi connectivity index (χ4n) is 1.72. The number of carbonyl (C=O) groups excluding carboxylic acids is 1. The topological polar surface area (TPSA) is 71.8 Å². The molecule has 0 fully saturated rings. The molecule has 2 aromatic heterocycles. The summed E-state index contributed by atoms with van der Waals surface area (Å²) in [4.78, 5) is 19.6. The molecule has 0 spiro atoms. The van der Waals surface area contributed by atoms with Gasteiger partial charge in [-0.1, -0.05) is 11.6 Å². The molecule has 0 unspecified atom stereocenters. The molecule has 0 aliphatic carbocycles. The van der Waals surface area contributed by atoms with Gasteiger partial charge in [-0.3, -0.25) is 4.79 Å². The molecular formula is C12H8ClN3OS. The number of nitrogens with zero attached hydrogens (tertiary/aromatic N) is 1. The smallest absolute Gasteiger partial charge is 0.248 e. The molecule has 1 aromatic carbocycles. The number of primary amides is 1. The maximum atomic E-state index is 11.1. The minimum atomic E-state index is -0.452. The fraction of sp³-hybridized carbons (Fsp3) is 0. The molecule has 0 bridgehead atoms. The summed E-state index contributed by atoms with van der Waals surface area (Å²) < 4.78 is 0.711. The zero-order valence-corrected chi connectivity index (χ0v) is 10.7. The Bertz CT molecular complexity index is 747. The summed E-state index contributed by atoms with van der Waals surface area (Å²) in [6.45, 7) is 0. The van der Waals surface area contributed by atoms with Crippen molar-refractivity contribution in [2.24, 2.45) is 5.73 Å². The van der Waals surface area contributed by atoms with Gasteiger partial charge in [0.2, 0.25) is 5.91 Å². The van der Waals surface area contributed by atoms with Gasteiger partial charge in [-0.15, -0.1) is 11.3 Å². The maximum absolute atomic E-state index is 11.1. The van der Waals surface area contributed by atoms with Gasteiger partial charge >= 0.3 is 0 Å². The van der Waals surface area contributed by atoms with Crippen LogP contribution in [0.4, 0.5) is 0 Å². The van der Waals surface area contributed by atoms with Gasteiger partial charge in [0.15, 0.2) is 0 Å². The van der Waals surface area contributed by atoms with Crippen molar-refractivity contribution in [2.45, 2.75) is 0 Å². The molecule has 1 amide bonds. The Labute approximate surface area is 111 Å². The summed E-state index contributed by atoms with van der Waals surface area (Å²) in [6.07, 6.45) is 0. The number of H-pyrrole nitrogens is 1. The number of rotatable bonds is 2. The number of hydrogen-bond acceptors (Lipinski definition) is 3. The molecule has 90 valence electrons. The highest BCUT2D eigenvalue weighted by Crippen LogP contribution is 2.30. The standard InChI is InChI=1S/C12H8ClN3OS/c13-10-4-3-9(18-10)12-15-7-2-1-6(11(14)17)5-8(7)16-12/h1-5H,(H2,14,17)(H,15,16). The van der Waals surface area contributed by atoms with Crippen LogP contribution in [0.1, 0.15) is 10.4 Å². The number of fused-ring (bicyclic) bond motifs is 1. The predicted octanol–water partition coefficient (Wildman–Crippen LogP) is 3.04. The quantitative estimate of drug-likeness (QED) is 0.756. The molecular weight excluding hydrogens is 270 g/mol. The Balaban J connectivity index is 2.13. The van der Waals surface area contributed by atoms with Crippen LogP contribution < -0.4 is 5.73 Å². The number of thiophene rings is 1. The first-order chi connectivity index (χ1) is 8.63. The molecule has 3 rings (SSSR count). The summed E-state index contributed by atoms with van der Waals surface area (Å²) in [6, 6.07) is 8.86. The number of aromatic amines is 1. The molecule has 18 heavy (non-hydrogen) atoms. The SMILES string of the molecule is NC(=O)c1ccc2nc(-c3ccc(Cl)s3)[nH]c2c1. The Hall–Kier alpha value is -1.85. The minimum Gasteiger partial charge on any atom is -0.366 e. The van der Waals surface area contributed by atoms with Crippen molar-refractivity contribution in [3.05, 3.63) is 40.2 Å². The second-order valence-electron chi connectivity index (χ2n) is 3.79. The lowest BCUT2D eigenvalue weighted by atomic mass is 10.2. The number of halogens is 1. The fourth-order valence-corrected chi connectivity index (χ4v) is 2.71. The molecule has 3 N–H and O–H groups in total. The molecule has 0 radical (unpaired) electrons. The lowest BCUT2D eigenvalue weighted by Crippen LogP contribution is -2.10. The van der Waals surface area contributed by atoms with Crippen molar-refractivity contribution in [1.29, 1.82) is 0 Å². The van der Waals surface area contributed by atoms with Gasteiger partial charge in [-0.05, 0) is 30.3 Å².